The minimum Gasteiger partial charge on any atom is -0.361 e. The summed E-state index contributed by atoms with van der Waals surface area (Å²) in [6, 6.07) is 8.26. The molecule has 1 aromatic carbocycles. The molecule has 0 radical (unpaired) electrons. The number of nitrogens with zero attached hydrogens (tertiary/aromatic N) is 4. The lowest BCUT2D eigenvalue weighted by atomic mass is 10.1. The third kappa shape index (κ3) is 3.07. The number of likely N-dealkylation sites (tertiary alicyclic amines) is 1. The number of carbonyl (C=O) groups is 1. The summed E-state index contributed by atoms with van der Waals surface area (Å²) < 4.78 is 0. The Morgan fingerprint density at radius 2 is 2.27 bits per heavy atom. The van der Waals surface area contributed by atoms with Gasteiger partial charge in [0.2, 0.25) is 5.91 Å². The van der Waals surface area contributed by atoms with Gasteiger partial charge >= 0.3 is 0 Å². The number of amides is 1. The van der Waals surface area contributed by atoms with E-state index in [0.717, 1.165) is 24.9 Å². The molecule has 2 aromatic rings. The van der Waals surface area contributed by atoms with Gasteiger partial charge in [-0.15, -0.1) is 0 Å². The van der Waals surface area contributed by atoms with Gasteiger partial charge in [0.25, 0.3) is 0 Å². The molecule has 22 heavy (non-hydrogen) atoms. The van der Waals surface area contributed by atoms with Crippen molar-refractivity contribution in [2.75, 3.05) is 19.6 Å². The summed E-state index contributed by atoms with van der Waals surface area (Å²) in [5.41, 5.74) is 10.8. The van der Waals surface area contributed by atoms with Crippen molar-refractivity contribution in [3.63, 3.8) is 0 Å². The van der Waals surface area contributed by atoms with Gasteiger partial charge in [-0.05, 0) is 35.9 Å². The van der Waals surface area contributed by atoms with E-state index < -0.39 is 0 Å². The Kier molecular flexibility index (Phi) is 4.30. The Morgan fingerprint density at radius 3 is 3.14 bits per heavy atom. The average molecular weight is 297 g/mol. The van der Waals surface area contributed by atoms with E-state index in [2.05, 4.69) is 33.3 Å². The molecule has 114 valence electrons. The molecule has 0 bridgehead atoms. The maximum Gasteiger partial charge on any atom is 0.222 e. The Hall–Kier alpha value is -2.46. The lowest BCUT2D eigenvalue weighted by molar-refractivity contribution is -0.127. The van der Waals surface area contributed by atoms with Gasteiger partial charge in [0.05, 0.1) is 0 Å². The smallest absolute Gasteiger partial charge is 0.222 e. The quantitative estimate of drug-likeness (QED) is 0.495. The molecule has 2 heterocycles. The fourth-order valence-corrected chi connectivity index (χ4v) is 3.14. The molecule has 3 rings (SSSR count). The van der Waals surface area contributed by atoms with Gasteiger partial charge in [0.1, 0.15) is 0 Å². The Morgan fingerprint density at radius 1 is 1.41 bits per heavy atom. The zero-order valence-electron chi connectivity index (χ0n) is 12.4. The van der Waals surface area contributed by atoms with Crippen molar-refractivity contribution in [1.29, 1.82) is 0 Å². The number of rotatable bonds is 6. The minimum absolute atomic E-state index is 0.177. The first kappa shape index (κ1) is 14.5. The van der Waals surface area contributed by atoms with Crippen LogP contribution in [-0.4, -0.2) is 35.4 Å². The van der Waals surface area contributed by atoms with Crippen LogP contribution in [0.2, 0.25) is 0 Å². The molecule has 1 unspecified atom stereocenters. The van der Waals surface area contributed by atoms with Gasteiger partial charge < -0.3 is 9.88 Å². The molecule has 0 saturated carbocycles. The van der Waals surface area contributed by atoms with Crippen LogP contribution in [0.4, 0.5) is 0 Å². The minimum atomic E-state index is 0.177. The molecule has 1 aromatic heterocycles. The molecule has 0 spiro atoms. The van der Waals surface area contributed by atoms with Crippen LogP contribution in [0.15, 0.2) is 35.6 Å². The number of aryl methyl sites for hydroxylation is 1. The van der Waals surface area contributed by atoms with Gasteiger partial charge in [-0.2, -0.15) is 0 Å². The standard InChI is InChI=1S/C16H19N5O/c17-20-19-9-12-8-16(22)21(11-12)7-3-4-13-10-18-15-6-2-1-5-14(13)15/h1-2,5-6,10,12,18H,3-4,7-9,11H2. The molecule has 6 nitrogen and oxygen atoms in total. The van der Waals surface area contributed by atoms with E-state index in [1.54, 1.807) is 0 Å². The van der Waals surface area contributed by atoms with Gasteiger partial charge in [-0.3, -0.25) is 4.79 Å². The van der Waals surface area contributed by atoms with Crippen LogP contribution in [0, 0.1) is 5.92 Å². The summed E-state index contributed by atoms with van der Waals surface area (Å²) in [7, 11) is 0. The molecule has 1 amide bonds. The second kappa shape index (κ2) is 6.54. The van der Waals surface area contributed by atoms with Crippen molar-refractivity contribution in [1.82, 2.24) is 9.88 Å². The number of fused-ring (bicyclic) bond motifs is 1. The third-order valence-electron chi connectivity index (χ3n) is 4.25. The highest BCUT2D eigenvalue weighted by Gasteiger charge is 2.28. The summed E-state index contributed by atoms with van der Waals surface area (Å²) in [5, 5.41) is 4.84. The van der Waals surface area contributed by atoms with Crippen LogP contribution in [0.25, 0.3) is 21.3 Å². The summed E-state index contributed by atoms with van der Waals surface area (Å²) in [4.78, 5) is 19.9. The van der Waals surface area contributed by atoms with E-state index in [0.29, 0.717) is 19.5 Å². The van der Waals surface area contributed by atoms with Crippen molar-refractivity contribution < 1.29 is 4.79 Å². The first-order valence-corrected chi connectivity index (χ1v) is 7.61. The SMILES string of the molecule is [N-]=[N+]=NCC1CC(=O)N(CCCc2c[nH]c3ccccc23)C1. The van der Waals surface area contributed by atoms with Crippen molar-refractivity contribution in [2.24, 2.45) is 11.0 Å². The highest BCUT2D eigenvalue weighted by atomic mass is 16.2. The zero-order chi connectivity index (χ0) is 15.4. The average Bonchev–Trinajstić information content (AvgIpc) is 3.10. The van der Waals surface area contributed by atoms with E-state index in [1.807, 2.05) is 17.0 Å². The lowest BCUT2D eigenvalue weighted by Crippen LogP contribution is -2.26. The molecule has 1 saturated heterocycles. The number of nitrogens with one attached hydrogen (secondary N) is 1. The predicted molar refractivity (Wildman–Crippen MR) is 85.3 cm³/mol. The van der Waals surface area contributed by atoms with Crippen LogP contribution >= 0.6 is 0 Å². The highest BCUT2D eigenvalue weighted by molar-refractivity contribution is 5.83. The van der Waals surface area contributed by atoms with Crippen LogP contribution in [-0.2, 0) is 11.2 Å². The molecular formula is C16H19N5O. The van der Waals surface area contributed by atoms with Crippen LogP contribution < -0.4 is 0 Å². The van der Waals surface area contributed by atoms with Gasteiger partial charge in [0.15, 0.2) is 0 Å². The van der Waals surface area contributed by atoms with Crippen LogP contribution in [0.5, 0.6) is 0 Å². The van der Waals surface area contributed by atoms with Crippen molar-refractivity contribution in [2.45, 2.75) is 19.3 Å². The second-order valence-electron chi connectivity index (χ2n) is 5.79. The topological polar surface area (TPSA) is 84.9 Å². The summed E-state index contributed by atoms with van der Waals surface area (Å²) in [5.74, 6) is 0.355. The van der Waals surface area contributed by atoms with Gasteiger partial charge in [-0.1, -0.05) is 23.3 Å². The molecule has 6 heteroatoms. The van der Waals surface area contributed by atoms with E-state index in [-0.39, 0.29) is 11.8 Å². The third-order valence-corrected chi connectivity index (χ3v) is 4.25. The van der Waals surface area contributed by atoms with E-state index in [9.17, 15) is 4.79 Å². The van der Waals surface area contributed by atoms with Crippen LogP contribution in [0.3, 0.4) is 0 Å². The first-order chi connectivity index (χ1) is 10.8. The molecule has 1 atom stereocenters. The maximum atomic E-state index is 11.9. The first-order valence-electron chi connectivity index (χ1n) is 7.61. The number of H-pyrrole nitrogens is 1. The number of benzene rings is 1. The number of hydrogen-bond donors (Lipinski definition) is 1. The fourth-order valence-electron chi connectivity index (χ4n) is 3.14. The van der Waals surface area contributed by atoms with E-state index in [4.69, 9.17) is 5.53 Å². The molecule has 1 N–H and O–H groups in total. The van der Waals surface area contributed by atoms with E-state index in [1.165, 1.54) is 10.9 Å². The molecule has 1 aliphatic heterocycles. The van der Waals surface area contributed by atoms with Gasteiger partial charge in [0, 0.05) is 48.1 Å². The number of aromatic amines is 1. The number of hydrogen-bond acceptors (Lipinski definition) is 2. The number of carbonyl (C=O) groups excluding carboxylic acids is 1. The summed E-state index contributed by atoms with van der Waals surface area (Å²) in [6.07, 6.45) is 4.46. The van der Waals surface area contributed by atoms with E-state index >= 15 is 0 Å². The Bertz CT molecular complexity index is 716. The zero-order valence-corrected chi connectivity index (χ0v) is 12.4. The second-order valence-corrected chi connectivity index (χ2v) is 5.79. The largest absolute Gasteiger partial charge is 0.361 e. The maximum absolute atomic E-state index is 11.9. The Labute approximate surface area is 128 Å². The Balaban J connectivity index is 1.53. The normalized spacial score (nSPS) is 17.9. The van der Waals surface area contributed by atoms with Crippen LogP contribution in [0.1, 0.15) is 18.4 Å². The van der Waals surface area contributed by atoms with Crippen molar-refractivity contribution >= 4 is 16.8 Å². The number of aromatic nitrogens is 1. The molecule has 0 aliphatic carbocycles. The van der Waals surface area contributed by atoms with Crippen molar-refractivity contribution in [3.8, 4) is 0 Å². The lowest BCUT2D eigenvalue weighted by Gasteiger charge is -2.16. The fraction of sp³-hybridized carbons (Fsp3) is 0.438. The summed E-state index contributed by atoms with van der Waals surface area (Å²) >= 11 is 0. The monoisotopic (exact) mass is 297 g/mol. The highest BCUT2D eigenvalue weighted by Crippen LogP contribution is 2.21. The summed E-state index contributed by atoms with van der Waals surface area (Å²) in [6.45, 7) is 1.90. The molecule has 1 fully saturated rings. The number of azide groups is 1. The van der Waals surface area contributed by atoms with Crippen molar-refractivity contribution in [3.05, 3.63) is 46.5 Å². The molecular weight excluding hydrogens is 278 g/mol. The molecule has 1 aliphatic rings. The van der Waals surface area contributed by atoms with Gasteiger partial charge in [-0.25, -0.2) is 0 Å². The number of para-hydroxylation sites is 1. The predicted octanol–water partition coefficient (Wildman–Crippen LogP) is 3.26.